The van der Waals surface area contributed by atoms with Crippen LogP contribution in [0.4, 0.5) is 5.69 Å². The Balaban J connectivity index is 1.98. The van der Waals surface area contributed by atoms with Crippen LogP contribution in [0.15, 0.2) is 30.3 Å². The van der Waals surface area contributed by atoms with Gasteiger partial charge in [-0.1, -0.05) is 46.9 Å². The monoisotopic (exact) mass is 383 g/mol. The molecule has 0 fully saturated rings. The van der Waals surface area contributed by atoms with Gasteiger partial charge in [-0.15, -0.1) is 0 Å². The molecular weight excluding hydrogens is 369 g/mol. The van der Waals surface area contributed by atoms with Crippen molar-refractivity contribution in [1.29, 1.82) is 0 Å². The molecule has 2 aromatic rings. The fraction of sp³-hybridized carbons (Fsp3) is 0.222. The molecule has 3 nitrogen and oxygen atoms in total. The van der Waals surface area contributed by atoms with E-state index in [0.717, 1.165) is 11.1 Å². The summed E-state index contributed by atoms with van der Waals surface area (Å²) in [6.45, 7) is 3.93. The molecule has 1 amide bonds. The second kappa shape index (κ2) is 8.02. The van der Waals surface area contributed by atoms with Crippen LogP contribution in [0.3, 0.4) is 0 Å². The zero-order valence-electron chi connectivity index (χ0n) is 13.3. The summed E-state index contributed by atoms with van der Waals surface area (Å²) in [7, 11) is 0. The van der Waals surface area contributed by atoms with Crippen LogP contribution in [0, 0.1) is 13.8 Å². The van der Waals surface area contributed by atoms with Crippen LogP contribution in [-0.2, 0) is 4.79 Å². The number of amides is 1. The predicted octanol–water partition coefficient (Wildman–Crippen LogP) is 5.87. The van der Waals surface area contributed by atoms with E-state index in [2.05, 4.69) is 5.32 Å². The number of ketones is 1. The van der Waals surface area contributed by atoms with Crippen molar-refractivity contribution < 1.29 is 9.59 Å². The van der Waals surface area contributed by atoms with E-state index < -0.39 is 0 Å². The normalized spacial score (nSPS) is 10.5. The summed E-state index contributed by atoms with van der Waals surface area (Å²) in [4.78, 5) is 24.2. The number of halogens is 3. The van der Waals surface area contributed by atoms with Gasteiger partial charge in [0.2, 0.25) is 5.91 Å². The van der Waals surface area contributed by atoms with Gasteiger partial charge in [-0.05, 0) is 43.2 Å². The standard InChI is InChI=1S/C18H16Cl3NO2/c1-10-3-4-12(7-11(10)2)16(23)5-6-17(24)22-18-14(20)8-13(19)9-15(18)21/h3-4,7-9H,5-6H2,1-2H3,(H,22,24). The average Bonchev–Trinajstić information content (AvgIpc) is 2.51. The molecule has 0 spiro atoms. The van der Waals surface area contributed by atoms with Gasteiger partial charge in [0.15, 0.2) is 5.78 Å². The van der Waals surface area contributed by atoms with Gasteiger partial charge in [0.1, 0.15) is 0 Å². The van der Waals surface area contributed by atoms with Crippen molar-refractivity contribution in [3.05, 3.63) is 62.1 Å². The Kier molecular flexibility index (Phi) is 6.27. The summed E-state index contributed by atoms with van der Waals surface area (Å²) in [5.41, 5.74) is 3.07. The number of carbonyl (C=O) groups excluding carboxylic acids is 2. The van der Waals surface area contributed by atoms with Crippen LogP contribution >= 0.6 is 34.8 Å². The van der Waals surface area contributed by atoms with Crippen LogP contribution in [0.2, 0.25) is 15.1 Å². The minimum atomic E-state index is -0.335. The van der Waals surface area contributed by atoms with Crippen LogP contribution in [0.25, 0.3) is 0 Å². The first kappa shape index (κ1) is 18.8. The molecule has 0 saturated carbocycles. The van der Waals surface area contributed by atoms with E-state index in [9.17, 15) is 9.59 Å². The van der Waals surface area contributed by atoms with Crippen molar-refractivity contribution in [3.63, 3.8) is 0 Å². The molecule has 126 valence electrons. The van der Waals surface area contributed by atoms with Gasteiger partial charge >= 0.3 is 0 Å². The lowest BCUT2D eigenvalue weighted by Crippen LogP contribution is -2.14. The lowest BCUT2D eigenvalue weighted by Gasteiger charge is -2.10. The fourth-order valence-electron chi connectivity index (χ4n) is 2.15. The molecule has 0 bridgehead atoms. The van der Waals surface area contributed by atoms with Gasteiger partial charge in [-0.25, -0.2) is 0 Å². The Bertz CT molecular complexity index is 780. The number of aryl methyl sites for hydroxylation is 2. The highest BCUT2D eigenvalue weighted by molar-refractivity contribution is 6.42. The first-order chi connectivity index (χ1) is 11.3. The van der Waals surface area contributed by atoms with Crippen LogP contribution in [0.1, 0.15) is 34.3 Å². The first-order valence-corrected chi connectivity index (χ1v) is 8.46. The van der Waals surface area contributed by atoms with E-state index in [1.807, 2.05) is 26.0 Å². The van der Waals surface area contributed by atoms with Crippen LogP contribution in [-0.4, -0.2) is 11.7 Å². The molecule has 0 radical (unpaired) electrons. The Hall–Kier alpha value is -1.55. The molecular formula is C18H16Cl3NO2. The molecule has 2 rings (SSSR count). The lowest BCUT2D eigenvalue weighted by molar-refractivity contribution is -0.116. The third-order valence-corrected chi connectivity index (χ3v) is 4.49. The maximum Gasteiger partial charge on any atom is 0.224 e. The molecule has 0 aliphatic rings. The van der Waals surface area contributed by atoms with Gasteiger partial charge in [0.25, 0.3) is 0 Å². The van der Waals surface area contributed by atoms with Crippen molar-refractivity contribution in [2.24, 2.45) is 0 Å². The van der Waals surface area contributed by atoms with E-state index in [1.165, 1.54) is 12.1 Å². The van der Waals surface area contributed by atoms with E-state index in [4.69, 9.17) is 34.8 Å². The van der Waals surface area contributed by atoms with Crippen molar-refractivity contribution in [2.75, 3.05) is 5.32 Å². The Morgan fingerprint density at radius 1 is 0.917 bits per heavy atom. The number of hydrogen-bond acceptors (Lipinski definition) is 2. The second-order valence-corrected chi connectivity index (χ2v) is 6.77. The SMILES string of the molecule is Cc1ccc(C(=O)CCC(=O)Nc2c(Cl)cc(Cl)cc2Cl)cc1C. The highest BCUT2D eigenvalue weighted by atomic mass is 35.5. The molecule has 6 heteroatoms. The summed E-state index contributed by atoms with van der Waals surface area (Å²) < 4.78 is 0. The third kappa shape index (κ3) is 4.73. The van der Waals surface area contributed by atoms with Gasteiger partial charge in [-0.2, -0.15) is 0 Å². The van der Waals surface area contributed by atoms with E-state index in [1.54, 1.807) is 6.07 Å². The second-order valence-electron chi connectivity index (χ2n) is 5.51. The molecule has 0 aliphatic carbocycles. The highest BCUT2D eigenvalue weighted by Gasteiger charge is 2.14. The smallest absolute Gasteiger partial charge is 0.224 e. The number of carbonyl (C=O) groups is 2. The van der Waals surface area contributed by atoms with E-state index >= 15 is 0 Å². The molecule has 24 heavy (non-hydrogen) atoms. The van der Waals surface area contributed by atoms with Crippen molar-refractivity contribution in [3.8, 4) is 0 Å². The first-order valence-electron chi connectivity index (χ1n) is 7.33. The number of nitrogens with one attached hydrogen (secondary N) is 1. The van der Waals surface area contributed by atoms with Crippen molar-refractivity contribution in [1.82, 2.24) is 0 Å². The quantitative estimate of drug-likeness (QED) is 0.656. The maximum absolute atomic E-state index is 12.2. The topological polar surface area (TPSA) is 46.2 Å². The molecule has 0 atom stereocenters. The van der Waals surface area contributed by atoms with Crippen molar-refractivity contribution >= 4 is 52.2 Å². The summed E-state index contributed by atoms with van der Waals surface area (Å²) >= 11 is 17.9. The molecule has 0 aliphatic heterocycles. The third-order valence-electron chi connectivity index (χ3n) is 3.68. The van der Waals surface area contributed by atoms with Gasteiger partial charge in [0, 0.05) is 23.4 Å². The predicted molar refractivity (Wildman–Crippen MR) is 99.6 cm³/mol. The summed E-state index contributed by atoms with van der Waals surface area (Å²) in [6, 6.07) is 8.49. The van der Waals surface area contributed by atoms with Crippen LogP contribution < -0.4 is 5.32 Å². The number of hydrogen-bond donors (Lipinski definition) is 1. The summed E-state index contributed by atoms with van der Waals surface area (Å²) in [5, 5.41) is 3.50. The molecule has 0 unspecified atom stereocenters. The molecule has 2 aromatic carbocycles. The van der Waals surface area contributed by atoms with Crippen LogP contribution in [0.5, 0.6) is 0 Å². The lowest BCUT2D eigenvalue weighted by atomic mass is 10.0. The Morgan fingerprint density at radius 2 is 1.54 bits per heavy atom. The minimum Gasteiger partial charge on any atom is -0.324 e. The van der Waals surface area contributed by atoms with E-state index in [0.29, 0.717) is 16.3 Å². The van der Waals surface area contributed by atoms with Gasteiger partial charge in [0.05, 0.1) is 15.7 Å². The largest absolute Gasteiger partial charge is 0.324 e. The molecule has 0 heterocycles. The number of Topliss-reactive ketones (excluding diaryl/α,β-unsaturated/α-hetero) is 1. The Morgan fingerprint density at radius 3 is 2.12 bits per heavy atom. The van der Waals surface area contributed by atoms with Gasteiger partial charge in [-0.3, -0.25) is 9.59 Å². The number of benzene rings is 2. The minimum absolute atomic E-state index is 0.0427. The summed E-state index contributed by atoms with van der Waals surface area (Å²) in [6.07, 6.45) is 0.151. The zero-order chi connectivity index (χ0) is 17.9. The molecule has 0 aromatic heterocycles. The molecule has 0 saturated heterocycles. The molecule has 1 N–H and O–H groups in total. The Labute approximate surface area is 155 Å². The highest BCUT2D eigenvalue weighted by Crippen LogP contribution is 2.33. The van der Waals surface area contributed by atoms with Crippen molar-refractivity contribution in [2.45, 2.75) is 26.7 Å². The number of anilines is 1. The number of rotatable bonds is 5. The van der Waals surface area contributed by atoms with E-state index in [-0.39, 0.29) is 34.6 Å². The zero-order valence-corrected chi connectivity index (χ0v) is 15.5. The fourth-order valence-corrected chi connectivity index (χ4v) is 3.06. The van der Waals surface area contributed by atoms with Gasteiger partial charge < -0.3 is 5.32 Å². The maximum atomic E-state index is 12.2. The average molecular weight is 385 g/mol. The summed E-state index contributed by atoms with van der Waals surface area (Å²) in [5.74, 6) is -0.417.